The number of rotatable bonds is 3. The van der Waals surface area contributed by atoms with Gasteiger partial charge < -0.3 is 5.11 Å². The number of aliphatic hydroxyl groups is 1. The van der Waals surface area contributed by atoms with Gasteiger partial charge in [0.15, 0.2) is 0 Å². The third-order valence-corrected chi connectivity index (χ3v) is 4.04. The molecule has 1 aromatic carbocycles. The van der Waals surface area contributed by atoms with Gasteiger partial charge in [0, 0.05) is 4.47 Å². The van der Waals surface area contributed by atoms with E-state index in [1.54, 1.807) is 6.07 Å². The van der Waals surface area contributed by atoms with E-state index in [4.69, 9.17) is 0 Å². The van der Waals surface area contributed by atoms with E-state index in [1.807, 2.05) is 0 Å². The highest BCUT2D eigenvalue weighted by atomic mass is 79.9. The highest BCUT2D eigenvalue weighted by molar-refractivity contribution is 9.10. The van der Waals surface area contributed by atoms with Crippen LogP contribution in [-0.2, 0) is 0 Å². The summed E-state index contributed by atoms with van der Waals surface area (Å²) in [6.45, 7) is 0. The van der Waals surface area contributed by atoms with Crippen LogP contribution in [0.5, 0.6) is 0 Å². The lowest BCUT2D eigenvalue weighted by Crippen LogP contribution is -2.05. The Morgan fingerprint density at radius 2 is 2.06 bits per heavy atom. The minimum absolute atomic E-state index is 0.274. The predicted octanol–water partition coefficient (Wildman–Crippen LogP) is 4.20. The highest BCUT2D eigenvalue weighted by Gasteiger charge is 2.21. The maximum absolute atomic E-state index is 12.9. The Hall–Kier alpha value is -0.410. The van der Waals surface area contributed by atoms with Crippen molar-refractivity contribution in [3.8, 4) is 0 Å². The summed E-state index contributed by atoms with van der Waals surface area (Å²) in [4.78, 5) is 0. The second-order valence-corrected chi connectivity index (χ2v) is 5.42. The van der Waals surface area contributed by atoms with Crippen LogP contribution in [0, 0.1) is 11.7 Å². The van der Waals surface area contributed by atoms with Crippen molar-refractivity contribution >= 4 is 15.9 Å². The number of hydrogen-bond donors (Lipinski definition) is 1. The lowest BCUT2D eigenvalue weighted by Gasteiger charge is -2.16. The van der Waals surface area contributed by atoms with Crippen LogP contribution in [0.3, 0.4) is 0 Å². The molecule has 2 rings (SSSR count). The molecule has 0 saturated heterocycles. The molecule has 1 aromatic rings. The van der Waals surface area contributed by atoms with E-state index in [0.717, 1.165) is 12.0 Å². The second kappa shape index (κ2) is 5.28. The van der Waals surface area contributed by atoms with Crippen LogP contribution in [-0.4, -0.2) is 5.11 Å². The van der Waals surface area contributed by atoms with Gasteiger partial charge in [0.25, 0.3) is 0 Å². The summed E-state index contributed by atoms with van der Waals surface area (Å²) in [6, 6.07) is 4.48. The Bertz CT molecular complexity index is 361. The average molecular weight is 287 g/mol. The van der Waals surface area contributed by atoms with Crippen molar-refractivity contribution in [3.05, 3.63) is 34.1 Å². The summed E-state index contributed by atoms with van der Waals surface area (Å²) >= 11 is 3.30. The number of benzene rings is 1. The standard InChI is InChI=1S/C13H16BrFO/c14-12-8-10(15)5-6-11(12)13(16)7-9-3-1-2-4-9/h5-6,8-9,13,16H,1-4,7H2. The van der Waals surface area contributed by atoms with Gasteiger partial charge in [-0.05, 0) is 30.0 Å². The van der Waals surface area contributed by atoms with E-state index >= 15 is 0 Å². The fraction of sp³-hybridized carbons (Fsp3) is 0.538. The molecule has 1 N–H and O–H groups in total. The van der Waals surface area contributed by atoms with Crippen LogP contribution in [0.1, 0.15) is 43.8 Å². The molecule has 0 aliphatic heterocycles. The van der Waals surface area contributed by atoms with Crippen LogP contribution in [0.25, 0.3) is 0 Å². The Kier molecular flexibility index (Phi) is 3.98. The zero-order chi connectivity index (χ0) is 11.5. The van der Waals surface area contributed by atoms with Crippen molar-refractivity contribution in [1.29, 1.82) is 0 Å². The molecule has 1 aliphatic rings. The molecule has 0 aromatic heterocycles. The molecule has 1 atom stereocenters. The number of aliphatic hydroxyl groups excluding tert-OH is 1. The quantitative estimate of drug-likeness (QED) is 0.883. The monoisotopic (exact) mass is 286 g/mol. The van der Waals surface area contributed by atoms with Crippen LogP contribution in [0.4, 0.5) is 4.39 Å². The lowest BCUT2D eigenvalue weighted by molar-refractivity contribution is 0.144. The van der Waals surface area contributed by atoms with Crippen LogP contribution < -0.4 is 0 Å². The minimum Gasteiger partial charge on any atom is -0.388 e. The molecule has 0 heterocycles. The summed E-state index contributed by atoms with van der Waals surface area (Å²) in [5.41, 5.74) is 0.799. The first-order chi connectivity index (χ1) is 7.66. The Morgan fingerprint density at radius 1 is 1.38 bits per heavy atom. The van der Waals surface area contributed by atoms with Gasteiger partial charge in [-0.1, -0.05) is 47.7 Å². The molecule has 16 heavy (non-hydrogen) atoms. The highest BCUT2D eigenvalue weighted by Crippen LogP contribution is 2.35. The molecule has 1 nitrogen and oxygen atoms in total. The predicted molar refractivity (Wildman–Crippen MR) is 65.6 cm³/mol. The van der Waals surface area contributed by atoms with Crippen molar-refractivity contribution in [2.45, 2.75) is 38.2 Å². The fourth-order valence-electron chi connectivity index (χ4n) is 2.46. The van der Waals surface area contributed by atoms with Gasteiger partial charge in [-0.25, -0.2) is 4.39 Å². The molecule has 1 fully saturated rings. The molecule has 88 valence electrons. The summed E-state index contributed by atoms with van der Waals surface area (Å²) in [6.07, 6.45) is 5.32. The van der Waals surface area contributed by atoms with Gasteiger partial charge in [0.1, 0.15) is 5.82 Å². The summed E-state index contributed by atoms with van der Waals surface area (Å²) in [7, 11) is 0. The normalized spacial score (nSPS) is 18.9. The van der Waals surface area contributed by atoms with Crippen molar-refractivity contribution < 1.29 is 9.50 Å². The van der Waals surface area contributed by atoms with E-state index in [9.17, 15) is 9.50 Å². The molecule has 1 saturated carbocycles. The largest absolute Gasteiger partial charge is 0.388 e. The maximum Gasteiger partial charge on any atom is 0.124 e. The van der Waals surface area contributed by atoms with Gasteiger partial charge >= 0.3 is 0 Å². The zero-order valence-corrected chi connectivity index (χ0v) is 10.7. The molecule has 3 heteroatoms. The molecular weight excluding hydrogens is 271 g/mol. The molecule has 0 spiro atoms. The lowest BCUT2D eigenvalue weighted by atomic mass is 9.96. The average Bonchev–Trinajstić information content (AvgIpc) is 2.70. The van der Waals surface area contributed by atoms with Gasteiger partial charge in [-0.15, -0.1) is 0 Å². The third-order valence-electron chi connectivity index (χ3n) is 3.35. The maximum atomic E-state index is 12.9. The van der Waals surface area contributed by atoms with Crippen LogP contribution >= 0.6 is 15.9 Å². The first-order valence-corrected chi connectivity index (χ1v) is 6.59. The molecule has 0 amide bonds. The first-order valence-electron chi connectivity index (χ1n) is 5.80. The summed E-state index contributed by atoms with van der Waals surface area (Å²) in [5, 5.41) is 10.1. The fourth-order valence-corrected chi connectivity index (χ4v) is 3.08. The summed E-state index contributed by atoms with van der Waals surface area (Å²) in [5.74, 6) is 0.357. The third kappa shape index (κ3) is 2.83. The van der Waals surface area contributed by atoms with Crippen molar-refractivity contribution in [3.63, 3.8) is 0 Å². The second-order valence-electron chi connectivity index (χ2n) is 4.57. The minimum atomic E-state index is -0.474. The number of hydrogen-bond acceptors (Lipinski definition) is 1. The topological polar surface area (TPSA) is 20.2 Å². The van der Waals surface area contributed by atoms with Crippen LogP contribution in [0.2, 0.25) is 0 Å². The number of halogens is 2. The summed E-state index contributed by atoms with van der Waals surface area (Å²) < 4.78 is 13.6. The van der Waals surface area contributed by atoms with E-state index in [1.165, 1.54) is 37.8 Å². The van der Waals surface area contributed by atoms with E-state index < -0.39 is 6.10 Å². The van der Waals surface area contributed by atoms with Gasteiger partial charge in [0.05, 0.1) is 6.10 Å². The van der Waals surface area contributed by atoms with Gasteiger partial charge in [0.2, 0.25) is 0 Å². The Labute approximate surface area is 104 Å². The van der Waals surface area contributed by atoms with Crippen molar-refractivity contribution in [2.75, 3.05) is 0 Å². The molecule has 1 unspecified atom stereocenters. The van der Waals surface area contributed by atoms with E-state index in [0.29, 0.717) is 10.4 Å². The molecular formula is C13H16BrFO. The molecule has 1 aliphatic carbocycles. The molecule has 0 radical (unpaired) electrons. The van der Waals surface area contributed by atoms with Crippen molar-refractivity contribution in [1.82, 2.24) is 0 Å². The Morgan fingerprint density at radius 3 is 2.69 bits per heavy atom. The first kappa shape index (κ1) is 12.1. The van der Waals surface area contributed by atoms with Gasteiger partial charge in [-0.3, -0.25) is 0 Å². The SMILES string of the molecule is OC(CC1CCCC1)c1ccc(F)cc1Br. The molecule has 0 bridgehead atoms. The smallest absolute Gasteiger partial charge is 0.124 e. The van der Waals surface area contributed by atoms with E-state index in [2.05, 4.69) is 15.9 Å². The van der Waals surface area contributed by atoms with Gasteiger partial charge in [-0.2, -0.15) is 0 Å². The van der Waals surface area contributed by atoms with Crippen molar-refractivity contribution in [2.24, 2.45) is 5.92 Å². The van der Waals surface area contributed by atoms with E-state index in [-0.39, 0.29) is 5.82 Å². The Balaban J connectivity index is 2.04. The zero-order valence-electron chi connectivity index (χ0n) is 9.13. The van der Waals surface area contributed by atoms with Crippen LogP contribution in [0.15, 0.2) is 22.7 Å².